The number of hydrogen-bond acceptors (Lipinski definition) is 3. The third-order valence-corrected chi connectivity index (χ3v) is 2.68. The molecule has 16 heavy (non-hydrogen) atoms. The molecule has 1 rings (SSSR count). The van der Waals surface area contributed by atoms with Crippen LogP contribution >= 0.6 is 0 Å². The third kappa shape index (κ3) is 3.34. The molecule has 0 spiro atoms. The molecule has 0 fully saturated rings. The second-order valence-corrected chi connectivity index (χ2v) is 4.03. The Bertz CT molecular complexity index is 348. The molecule has 0 bridgehead atoms. The molecule has 4 nitrogen and oxygen atoms in total. The number of hydrogen-bond donors (Lipinski definition) is 0. The van der Waals surface area contributed by atoms with Gasteiger partial charge in [0.1, 0.15) is 6.07 Å². The fourth-order valence-corrected chi connectivity index (χ4v) is 1.70. The number of rotatable bonds is 7. The van der Waals surface area contributed by atoms with Crippen molar-refractivity contribution in [2.24, 2.45) is 0 Å². The van der Waals surface area contributed by atoms with Crippen molar-refractivity contribution in [2.75, 3.05) is 0 Å². The van der Waals surface area contributed by atoms with E-state index in [1.165, 1.54) is 12.8 Å². The van der Waals surface area contributed by atoms with Crippen molar-refractivity contribution in [2.45, 2.75) is 58.9 Å². The van der Waals surface area contributed by atoms with Crippen molar-refractivity contribution in [1.29, 1.82) is 5.26 Å². The molecule has 0 saturated heterocycles. The molecule has 0 aliphatic rings. The zero-order valence-corrected chi connectivity index (χ0v) is 10.2. The summed E-state index contributed by atoms with van der Waals surface area (Å²) in [6, 6.07) is 2.12. The highest BCUT2D eigenvalue weighted by atomic mass is 15.4. The molecule has 0 atom stereocenters. The van der Waals surface area contributed by atoms with Crippen LogP contribution in [0, 0.1) is 11.3 Å². The summed E-state index contributed by atoms with van der Waals surface area (Å²) in [6.45, 7) is 5.22. The summed E-state index contributed by atoms with van der Waals surface area (Å²) in [5.74, 6) is 0. The van der Waals surface area contributed by atoms with Crippen molar-refractivity contribution in [3.63, 3.8) is 0 Å². The smallest absolute Gasteiger partial charge is 0.185 e. The maximum atomic E-state index is 8.94. The molecule has 0 unspecified atom stereocenters. The Kier molecular flexibility index (Phi) is 5.55. The van der Waals surface area contributed by atoms with E-state index in [4.69, 9.17) is 5.26 Å². The molecule has 0 aliphatic carbocycles. The van der Waals surface area contributed by atoms with Gasteiger partial charge in [0.15, 0.2) is 5.69 Å². The van der Waals surface area contributed by atoms with Gasteiger partial charge in [-0.15, -0.1) is 5.10 Å². The molecule has 1 heterocycles. The lowest BCUT2D eigenvalue weighted by Gasteiger charge is -2.05. The van der Waals surface area contributed by atoms with Crippen LogP contribution in [0.5, 0.6) is 0 Å². The fourth-order valence-electron chi connectivity index (χ4n) is 1.70. The van der Waals surface area contributed by atoms with E-state index in [2.05, 4.69) is 30.2 Å². The molecule has 88 valence electrons. The maximum absolute atomic E-state index is 8.94. The predicted octanol–water partition coefficient (Wildman–Crippen LogP) is 2.68. The first-order chi connectivity index (χ1) is 7.83. The lowest BCUT2D eigenvalue weighted by atomic mass is 10.1. The number of aromatic nitrogens is 3. The van der Waals surface area contributed by atoms with Gasteiger partial charge in [-0.05, 0) is 19.3 Å². The van der Waals surface area contributed by atoms with Crippen LogP contribution < -0.4 is 0 Å². The highest BCUT2D eigenvalue weighted by Crippen LogP contribution is 2.10. The van der Waals surface area contributed by atoms with Gasteiger partial charge in [0.2, 0.25) is 0 Å². The Morgan fingerprint density at radius 2 is 1.94 bits per heavy atom. The van der Waals surface area contributed by atoms with E-state index >= 15 is 0 Å². The Morgan fingerprint density at radius 3 is 2.56 bits per heavy atom. The van der Waals surface area contributed by atoms with E-state index in [9.17, 15) is 0 Å². The van der Waals surface area contributed by atoms with Crippen molar-refractivity contribution in [3.05, 3.63) is 11.4 Å². The van der Waals surface area contributed by atoms with Gasteiger partial charge in [0.25, 0.3) is 0 Å². The van der Waals surface area contributed by atoms with Crippen molar-refractivity contribution in [3.8, 4) is 6.07 Å². The molecule has 0 aliphatic heterocycles. The van der Waals surface area contributed by atoms with Crippen LogP contribution in [0.15, 0.2) is 0 Å². The van der Waals surface area contributed by atoms with Gasteiger partial charge in [0.05, 0.1) is 5.69 Å². The molecule has 0 radical (unpaired) electrons. The van der Waals surface area contributed by atoms with Crippen molar-refractivity contribution in [1.82, 2.24) is 15.0 Å². The second-order valence-electron chi connectivity index (χ2n) is 4.03. The molecule has 4 heteroatoms. The molecule has 0 amide bonds. The minimum absolute atomic E-state index is 0.505. The highest BCUT2D eigenvalue weighted by molar-refractivity contribution is 5.24. The summed E-state index contributed by atoms with van der Waals surface area (Å²) in [7, 11) is 0. The average molecular weight is 220 g/mol. The largest absolute Gasteiger partial charge is 0.248 e. The lowest BCUT2D eigenvalue weighted by Crippen LogP contribution is -2.06. The summed E-state index contributed by atoms with van der Waals surface area (Å²) in [4.78, 5) is 0. The van der Waals surface area contributed by atoms with Gasteiger partial charge < -0.3 is 0 Å². The van der Waals surface area contributed by atoms with Crippen LogP contribution in [0.2, 0.25) is 0 Å². The Labute approximate surface area is 97.3 Å². The van der Waals surface area contributed by atoms with E-state index in [1.54, 1.807) is 0 Å². The molecule has 1 aromatic heterocycles. The third-order valence-electron chi connectivity index (χ3n) is 2.68. The first-order valence-electron chi connectivity index (χ1n) is 6.15. The topological polar surface area (TPSA) is 54.5 Å². The molecule has 0 saturated carbocycles. The summed E-state index contributed by atoms with van der Waals surface area (Å²) < 4.78 is 1.91. The number of nitrogens with zero attached hydrogens (tertiary/aromatic N) is 4. The summed E-state index contributed by atoms with van der Waals surface area (Å²) in [5.41, 5.74) is 1.52. The van der Waals surface area contributed by atoms with Crippen molar-refractivity contribution >= 4 is 0 Å². The van der Waals surface area contributed by atoms with E-state index in [1.807, 2.05) is 4.68 Å². The monoisotopic (exact) mass is 220 g/mol. The number of aryl methyl sites for hydroxylation is 1. The SMILES string of the molecule is CCCCCn1nnc(C#N)c1CCCC. The van der Waals surface area contributed by atoms with Crippen LogP contribution in [0.1, 0.15) is 57.3 Å². The molecular weight excluding hydrogens is 200 g/mol. The Hall–Kier alpha value is -1.37. The zero-order valence-electron chi connectivity index (χ0n) is 10.2. The van der Waals surface area contributed by atoms with Gasteiger partial charge in [-0.25, -0.2) is 4.68 Å². The molecular formula is C12H20N4. The van der Waals surface area contributed by atoms with E-state index in [0.29, 0.717) is 5.69 Å². The maximum Gasteiger partial charge on any atom is 0.185 e. The molecule has 1 aromatic rings. The summed E-state index contributed by atoms with van der Waals surface area (Å²) >= 11 is 0. The number of unbranched alkanes of at least 4 members (excludes halogenated alkanes) is 3. The quantitative estimate of drug-likeness (QED) is 0.664. The van der Waals surface area contributed by atoms with Crippen LogP contribution in [-0.4, -0.2) is 15.0 Å². The van der Waals surface area contributed by atoms with Crippen molar-refractivity contribution < 1.29 is 0 Å². The van der Waals surface area contributed by atoms with Gasteiger partial charge in [0, 0.05) is 6.54 Å². The van der Waals surface area contributed by atoms with E-state index in [-0.39, 0.29) is 0 Å². The normalized spacial score (nSPS) is 10.3. The standard InChI is InChI=1S/C12H20N4/c1-3-5-7-9-16-12(8-6-4-2)11(10-13)14-15-16/h3-9H2,1-2H3. The first-order valence-corrected chi connectivity index (χ1v) is 6.15. The van der Waals surface area contributed by atoms with Crippen LogP contribution in [0.3, 0.4) is 0 Å². The van der Waals surface area contributed by atoms with Gasteiger partial charge in [-0.1, -0.05) is 38.3 Å². The minimum atomic E-state index is 0.505. The van der Waals surface area contributed by atoms with Crippen LogP contribution in [-0.2, 0) is 13.0 Å². The van der Waals surface area contributed by atoms with Crippen LogP contribution in [0.25, 0.3) is 0 Å². The van der Waals surface area contributed by atoms with Gasteiger partial charge in [-0.2, -0.15) is 5.26 Å². The lowest BCUT2D eigenvalue weighted by molar-refractivity contribution is 0.516. The summed E-state index contributed by atoms with van der Waals surface area (Å²) in [6.07, 6.45) is 6.66. The van der Waals surface area contributed by atoms with Gasteiger partial charge in [-0.3, -0.25) is 0 Å². The predicted molar refractivity (Wildman–Crippen MR) is 62.9 cm³/mol. The second kappa shape index (κ2) is 7.00. The van der Waals surface area contributed by atoms with Gasteiger partial charge >= 0.3 is 0 Å². The Balaban J connectivity index is 2.67. The first kappa shape index (κ1) is 12.7. The number of nitriles is 1. The average Bonchev–Trinajstić information content (AvgIpc) is 2.69. The Morgan fingerprint density at radius 1 is 1.19 bits per heavy atom. The zero-order chi connectivity index (χ0) is 11.8. The molecule has 0 N–H and O–H groups in total. The van der Waals surface area contributed by atoms with E-state index < -0.39 is 0 Å². The summed E-state index contributed by atoms with van der Waals surface area (Å²) in [5, 5.41) is 16.9. The molecule has 0 aromatic carbocycles. The van der Waals surface area contributed by atoms with Crippen LogP contribution in [0.4, 0.5) is 0 Å². The minimum Gasteiger partial charge on any atom is -0.248 e. The fraction of sp³-hybridized carbons (Fsp3) is 0.750. The van der Waals surface area contributed by atoms with E-state index in [0.717, 1.165) is 37.9 Å². The highest BCUT2D eigenvalue weighted by Gasteiger charge is 2.11.